The van der Waals surface area contributed by atoms with Crippen LogP contribution in [0.4, 0.5) is 8.78 Å². The first-order valence-corrected chi connectivity index (χ1v) is 7.26. The third kappa shape index (κ3) is 3.46. The van der Waals surface area contributed by atoms with E-state index in [-0.39, 0.29) is 18.1 Å². The Hall–Kier alpha value is -3.08. The van der Waals surface area contributed by atoms with Gasteiger partial charge in [-0.1, -0.05) is 18.2 Å². The molecule has 1 heterocycles. The second kappa shape index (κ2) is 6.58. The smallest absolute Gasteiger partial charge is 0.309 e. The molecule has 0 saturated heterocycles. The molecule has 2 aromatic carbocycles. The lowest BCUT2D eigenvalue weighted by atomic mass is 9.98. The Labute approximate surface area is 137 Å². The van der Waals surface area contributed by atoms with Crippen molar-refractivity contribution in [2.45, 2.75) is 6.42 Å². The van der Waals surface area contributed by atoms with Gasteiger partial charge in [-0.25, -0.2) is 8.78 Å². The van der Waals surface area contributed by atoms with Crippen molar-refractivity contribution >= 4 is 5.97 Å². The van der Waals surface area contributed by atoms with Crippen molar-refractivity contribution in [3.8, 4) is 22.4 Å². The Morgan fingerprint density at radius 1 is 0.833 bits per heavy atom. The van der Waals surface area contributed by atoms with Crippen molar-refractivity contribution in [1.82, 2.24) is 4.98 Å². The summed E-state index contributed by atoms with van der Waals surface area (Å²) in [6.07, 6.45) is -0.210. The number of carbonyl (C=O) groups is 1. The molecule has 0 bridgehead atoms. The monoisotopic (exact) mass is 325 g/mol. The maximum atomic E-state index is 13.2. The van der Waals surface area contributed by atoms with E-state index in [1.807, 2.05) is 0 Å². The van der Waals surface area contributed by atoms with Gasteiger partial charge in [0.15, 0.2) is 0 Å². The summed E-state index contributed by atoms with van der Waals surface area (Å²) in [6.45, 7) is 0. The van der Waals surface area contributed by atoms with Crippen LogP contribution >= 0.6 is 0 Å². The molecule has 3 nitrogen and oxygen atoms in total. The number of benzene rings is 2. The highest BCUT2D eigenvalue weighted by molar-refractivity contribution is 5.81. The van der Waals surface area contributed by atoms with Gasteiger partial charge in [0, 0.05) is 11.1 Å². The number of hydrogen-bond donors (Lipinski definition) is 1. The van der Waals surface area contributed by atoms with Crippen molar-refractivity contribution in [3.63, 3.8) is 0 Å². The Balaban J connectivity index is 2.15. The Morgan fingerprint density at radius 2 is 1.38 bits per heavy atom. The number of rotatable bonds is 4. The zero-order valence-electron chi connectivity index (χ0n) is 12.5. The molecule has 0 fully saturated rings. The molecule has 120 valence electrons. The number of aromatic nitrogens is 1. The molecule has 5 heteroatoms. The summed E-state index contributed by atoms with van der Waals surface area (Å²) in [5.41, 5.74) is 3.04. The van der Waals surface area contributed by atoms with E-state index < -0.39 is 5.97 Å². The number of halogens is 2. The third-order valence-electron chi connectivity index (χ3n) is 3.56. The molecule has 24 heavy (non-hydrogen) atoms. The van der Waals surface area contributed by atoms with Crippen LogP contribution in [0.2, 0.25) is 0 Å². The molecule has 0 saturated carbocycles. The summed E-state index contributed by atoms with van der Waals surface area (Å²) in [7, 11) is 0. The molecule has 0 aliphatic rings. The molecule has 0 aliphatic carbocycles. The van der Waals surface area contributed by atoms with Crippen LogP contribution in [0.3, 0.4) is 0 Å². The summed E-state index contributed by atoms with van der Waals surface area (Å²) in [4.78, 5) is 15.3. The van der Waals surface area contributed by atoms with Gasteiger partial charge in [-0.3, -0.25) is 9.78 Å². The van der Waals surface area contributed by atoms with Gasteiger partial charge in [0.2, 0.25) is 0 Å². The second-order valence-electron chi connectivity index (χ2n) is 5.28. The minimum Gasteiger partial charge on any atom is -0.481 e. The van der Waals surface area contributed by atoms with Crippen LogP contribution in [0.5, 0.6) is 0 Å². The fourth-order valence-corrected chi connectivity index (χ4v) is 2.44. The van der Waals surface area contributed by atoms with Crippen LogP contribution in [-0.4, -0.2) is 16.1 Å². The Morgan fingerprint density at radius 3 is 1.92 bits per heavy atom. The Bertz CT molecular complexity index is 875. The summed E-state index contributed by atoms with van der Waals surface area (Å²) in [6, 6.07) is 15.1. The van der Waals surface area contributed by atoms with Gasteiger partial charge in [0.05, 0.1) is 17.8 Å². The normalized spacial score (nSPS) is 10.6. The van der Waals surface area contributed by atoms with Crippen molar-refractivity contribution in [3.05, 3.63) is 78.0 Å². The van der Waals surface area contributed by atoms with Gasteiger partial charge < -0.3 is 5.11 Å². The van der Waals surface area contributed by atoms with Gasteiger partial charge in [0.25, 0.3) is 0 Å². The van der Waals surface area contributed by atoms with Gasteiger partial charge in [-0.2, -0.15) is 0 Å². The van der Waals surface area contributed by atoms with E-state index in [0.29, 0.717) is 17.0 Å². The first-order chi connectivity index (χ1) is 11.5. The first kappa shape index (κ1) is 15.8. The van der Waals surface area contributed by atoms with Crippen molar-refractivity contribution < 1.29 is 18.7 Å². The predicted molar refractivity (Wildman–Crippen MR) is 86.4 cm³/mol. The van der Waals surface area contributed by atoms with E-state index in [2.05, 4.69) is 4.98 Å². The molecule has 0 spiro atoms. The molecule has 1 N–H and O–H groups in total. The van der Waals surface area contributed by atoms with Crippen LogP contribution in [-0.2, 0) is 11.2 Å². The van der Waals surface area contributed by atoms with E-state index >= 15 is 0 Å². The fourth-order valence-electron chi connectivity index (χ4n) is 2.44. The van der Waals surface area contributed by atoms with Gasteiger partial charge >= 0.3 is 5.97 Å². The number of hydrogen-bond acceptors (Lipinski definition) is 2. The van der Waals surface area contributed by atoms with E-state index in [9.17, 15) is 13.6 Å². The molecule has 0 amide bonds. The minimum atomic E-state index is -0.984. The molecule has 0 atom stereocenters. The summed E-state index contributed by atoms with van der Waals surface area (Å²) in [5, 5.41) is 8.95. The minimum absolute atomic E-state index is 0.210. The molecule has 3 rings (SSSR count). The number of carboxylic acids is 1. The maximum absolute atomic E-state index is 13.2. The van der Waals surface area contributed by atoms with E-state index in [1.165, 1.54) is 24.3 Å². The standard InChI is InChI=1S/C19H13F2NO2/c20-14-5-1-12(2-6-14)17-10-9-16(11-18(23)24)22-19(17)13-3-7-15(21)8-4-13/h1-10H,11H2,(H,23,24). The summed E-state index contributed by atoms with van der Waals surface area (Å²) >= 11 is 0. The highest BCUT2D eigenvalue weighted by Gasteiger charge is 2.12. The first-order valence-electron chi connectivity index (χ1n) is 7.26. The van der Waals surface area contributed by atoms with Gasteiger partial charge in [-0.05, 0) is 48.0 Å². The number of aliphatic carboxylic acids is 1. The molecule has 0 aliphatic heterocycles. The number of nitrogens with zero attached hydrogens (tertiary/aromatic N) is 1. The van der Waals surface area contributed by atoms with E-state index in [0.717, 1.165) is 11.1 Å². The average molecular weight is 325 g/mol. The molecule has 1 aromatic heterocycles. The van der Waals surface area contributed by atoms with Crippen molar-refractivity contribution in [1.29, 1.82) is 0 Å². The largest absolute Gasteiger partial charge is 0.481 e. The van der Waals surface area contributed by atoms with Crippen LogP contribution in [0.1, 0.15) is 5.69 Å². The molecule has 0 unspecified atom stereocenters. The second-order valence-corrected chi connectivity index (χ2v) is 5.28. The van der Waals surface area contributed by atoms with Gasteiger partial charge in [0.1, 0.15) is 11.6 Å². The van der Waals surface area contributed by atoms with Crippen LogP contribution in [0.25, 0.3) is 22.4 Å². The predicted octanol–water partition coefficient (Wildman–Crippen LogP) is 4.32. The number of pyridine rings is 1. The molecule has 0 radical (unpaired) electrons. The van der Waals surface area contributed by atoms with Crippen molar-refractivity contribution in [2.24, 2.45) is 0 Å². The van der Waals surface area contributed by atoms with Crippen LogP contribution < -0.4 is 0 Å². The highest BCUT2D eigenvalue weighted by atomic mass is 19.1. The van der Waals surface area contributed by atoms with Crippen LogP contribution in [0.15, 0.2) is 60.7 Å². The van der Waals surface area contributed by atoms with Gasteiger partial charge in [-0.15, -0.1) is 0 Å². The summed E-state index contributed by atoms with van der Waals surface area (Å²) < 4.78 is 26.3. The Kier molecular flexibility index (Phi) is 4.33. The maximum Gasteiger partial charge on any atom is 0.309 e. The SMILES string of the molecule is O=C(O)Cc1ccc(-c2ccc(F)cc2)c(-c2ccc(F)cc2)n1. The summed E-state index contributed by atoms with van der Waals surface area (Å²) in [5.74, 6) is -1.71. The quantitative estimate of drug-likeness (QED) is 0.777. The van der Waals surface area contributed by atoms with E-state index in [4.69, 9.17) is 5.11 Å². The fraction of sp³-hybridized carbons (Fsp3) is 0.0526. The van der Waals surface area contributed by atoms with E-state index in [1.54, 1.807) is 36.4 Å². The van der Waals surface area contributed by atoms with Crippen LogP contribution in [0, 0.1) is 11.6 Å². The molecule has 3 aromatic rings. The zero-order valence-corrected chi connectivity index (χ0v) is 12.5. The third-order valence-corrected chi connectivity index (χ3v) is 3.56. The highest BCUT2D eigenvalue weighted by Crippen LogP contribution is 2.31. The topological polar surface area (TPSA) is 50.2 Å². The van der Waals surface area contributed by atoms with Crippen molar-refractivity contribution in [2.75, 3.05) is 0 Å². The molecular weight excluding hydrogens is 312 g/mol. The lowest BCUT2D eigenvalue weighted by Gasteiger charge is -2.11. The molecular formula is C19H13F2NO2. The lowest BCUT2D eigenvalue weighted by Crippen LogP contribution is -2.03. The number of carboxylic acid groups (broad SMARTS) is 1. The lowest BCUT2D eigenvalue weighted by molar-refractivity contribution is -0.136. The zero-order chi connectivity index (χ0) is 17.1. The average Bonchev–Trinajstić information content (AvgIpc) is 2.56.